The second kappa shape index (κ2) is 6.76. The van der Waals surface area contributed by atoms with Gasteiger partial charge in [-0.15, -0.1) is 0 Å². The number of thiocarbonyl (C=S) groups is 1. The van der Waals surface area contributed by atoms with Gasteiger partial charge in [-0.25, -0.2) is 4.79 Å². The number of carbonyl (C=O) groups excluding carboxylic acids is 2. The maximum Gasteiger partial charge on any atom is 0.344 e. The molecule has 1 heterocycles. The van der Waals surface area contributed by atoms with Crippen LogP contribution in [0.1, 0.15) is 44.6 Å². The minimum absolute atomic E-state index is 0.218. The number of amides is 3. The molecule has 128 valence electrons. The number of nitrogens with zero attached hydrogens (tertiary/aromatic N) is 1. The van der Waals surface area contributed by atoms with Crippen molar-refractivity contribution in [1.82, 2.24) is 15.8 Å². The summed E-state index contributed by atoms with van der Waals surface area (Å²) >= 11 is 5.23. The highest BCUT2D eigenvalue weighted by Gasteiger charge is 2.51. The summed E-state index contributed by atoms with van der Waals surface area (Å²) in [5.74, 6) is -0.238. The van der Waals surface area contributed by atoms with E-state index in [0.29, 0.717) is 12.8 Å². The van der Waals surface area contributed by atoms with Gasteiger partial charge in [0.2, 0.25) is 0 Å². The van der Waals surface area contributed by atoms with Gasteiger partial charge in [0.15, 0.2) is 5.11 Å². The first-order valence-electron chi connectivity index (χ1n) is 8.37. The molecule has 1 aromatic carbocycles. The Kier molecular flexibility index (Phi) is 4.71. The van der Waals surface area contributed by atoms with Gasteiger partial charge in [-0.1, -0.05) is 38.3 Å². The summed E-state index contributed by atoms with van der Waals surface area (Å²) in [4.78, 5) is 24.8. The summed E-state index contributed by atoms with van der Waals surface area (Å²) in [5, 5.41) is 7.06. The predicted octanol–water partition coefficient (Wildman–Crippen LogP) is 2.71. The number of benzene rings is 1. The number of urea groups is 1. The number of anilines is 1. The molecule has 1 aliphatic carbocycles. The van der Waals surface area contributed by atoms with Gasteiger partial charge in [-0.2, -0.15) is 5.01 Å². The summed E-state index contributed by atoms with van der Waals surface area (Å²) in [7, 11) is 0. The van der Waals surface area contributed by atoms with Gasteiger partial charge in [-0.05, 0) is 49.2 Å². The molecule has 2 fully saturated rings. The molecule has 1 aromatic rings. The van der Waals surface area contributed by atoms with Crippen molar-refractivity contribution in [1.29, 1.82) is 0 Å². The van der Waals surface area contributed by atoms with Crippen molar-refractivity contribution < 1.29 is 9.59 Å². The molecular weight excluding hydrogens is 324 g/mol. The van der Waals surface area contributed by atoms with Crippen LogP contribution in [0.5, 0.6) is 0 Å². The van der Waals surface area contributed by atoms with E-state index in [4.69, 9.17) is 12.2 Å². The molecule has 1 spiro atoms. The molecule has 2 aliphatic rings. The van der Waals surface area contributed by atoms with Crippen molar-refractivity contribution >= 4 is 35.0 Å². The molecule has 0 radical (unpaired) electrons. The molecule has 7 heteroatoms. The van der Waals surface area contributed by atoms with Gasteiger partial charge in [0.05, 0.1) is 0 Å². The summed E-state index contributed by atoms with van der Waals surface area (Å²) in [6, 6.07) is 7.42. The first-order valence-corrected chi connectivity index (χ1v) is 8.78. The Morgan fingerprint density at radius 2 is 1.88 bits per heavy atom. The molecule has 24 heavy (non-hydrogen) atoms. The predicted molar refractivity (Wildman–Crippen MR) is 96.4 cm³/mol. The third kappa shape index (κ3) is 3.21. The van der Waals surface area contributed by atoms with Crippen LogP contribution >= 0.6 is 12.2 Å². The molecular formula is C17H22N4O2S. The number of nitrogens with one attached hydrogen (secondary N) is 3. The molecule has 3 amide bonds. The Morgan fingerprint density at radius 1 is 1.21 bits per heavy atom. The smallest absolute Gasteiger partial charge is 0.331 e. The van der Waals surface area contributed by atoms with Crippen molar-refractivity contribution in [2.75, 3.05) is 5.32 Å². The SMILES string of the molecule is CCc1ccc(NC(=S)NN2C(=O)NC3(CCCCC3)C2=O)cc1. The van der Waals surface area contributed by atoms with E-state index in [1.54, 1.807) is 0 Å². The number of hydrogen-bond donors (Lipinski definition) is 3. The molecule has 0 unspecified atom stereocenters. The first-order chi connectivity index (χ1) is 11.5. The summed E-state index contributed by atoms with van der Waals surface area (Å²) in [5.41, 5.74) is 4.01. The molecule has 0 bridgehead atoms. The fraction of sp³-hybridized carbons (Fsp3) is 0.471. The van der Waals surface area contributed by atoms with Crippen LogP contribution < -0.4 is 16.1 Å². The van der Waals surface area contributed by atoms with Gasteiger partial charge in [0.1, 0.15) is 5.54 Å². The van der Waals surface area contributed by atoms with E-state index in [-0.39, 0.29) is 11.0 Å². The average molecular weight is 346 g/mol. The molecule has 0 atom stereocenters. The molecule has 0 aromatic heterocycles. The monoisotopic (exact) mass is 346 g/mol. The maximum atomic E-state index is 12.7. The van der Waals surface area contributed by atoms with Gasteiger partial charge in [0, 0.05) is 5.69 Å². The molecule has 3 rings (SSSR count). The van der Waals surface area contributed by atoms with Gasteiger partial charge < -0.3 is 10.6 Å². The number of carbonyl (C=O) groups is 2. The second-order valence-electron chi connectivity index (χ2n) is 6.33. The van der Waals surface area contributed by atoms with E-state index in [1.807, 2.05) is 24.3 Å². The second-order valence-corrected chi connectivity index (χ2v) is 6.74. The third-order valence-corrected chi connectivity index (χ3v) is 4.90. The van der Waals surface area contributed by atoms with Crippen LogP contribution in [-0.2, 0) is 11.2 Å². The Bertz CT molecular complexity index is 653. The average Bonchev–Trinajstić information content (AvgIpc) is 2.80. The number of imide groups is 1. The summed E-state index contributed by atoms with van der Waals surface area (Å²) < 4.78 is 0. The van der Waals surface area contributed by atoms with Crippen LogP contribution in [0, 0.1) is 0 Å². The molecule has 6 nitrogen and oxygen atoms in total. The Hall–Kier alpha value is -2.15. The van der Waals surface area contributed by atoms with Crippen molar-refractivity contribution in [2.45, 2.75) is 51.0 Å². The minimum atomic E-state index is -0.749. The fourth-order valence-corrected chi connectivity index (χ4v) is 3.51. The van der Waals surface area contributed by atoms with E-state index < -0.39 is 11.6 Å². The zero-order valence-electron chi connectivity index (χ0n) is 13.7. The zero-order chi connectivity index (χ0) is 17.2. The Labute approximate surface area is 146 Å². The number of rotatable bonds is 3. The van der Waals surface area contributed by atoms with Crippen LogP contribution in [0.3, 0.4) is 0 Å². The van der Waals surface area contributed by atoms with Crippen LogP contribution in [-0.4, -0.2) is 27.6 Å². The molecule has 1 aliphatic heterocycles. The lowest BCUT2D eigenvalue weighted by Gasteiger charge is -2.30. The lowest BCUT2D eigenvalue weighted by molar-refractivity contribution is -0.133. The Balaban J connectivity index is 1.63. The summed E-state index contributed by atoms with van der Waals surface area (Å²) in [6.45, 7) is 2.09. The van der Waals surface area contributed by atoms with Crippen molar-refractivity contribution in [2.24, 2.45) is 0 Å². The first kappa shape index (κ1) is 16.7. The summed E-state index contributed by atoms with van der Waals surface area (Å²) in [6.07, 6.45) is 5.35. The normalized spacial score (nSPS) is 19.3. The topological polar surface area (TPSA) is 73.5 Å². The van der Waals surface area contributed by atoms with Crippen LogP contribution in [0.2, 0.25) is 0 Å². The van der Waals surface area contributed by atoms with E-state index in [2.05, 4.69) is 23.0 Å². The highest BCUT2D eigenvalue weighted by atomic mass is 32.1. The fourth-order valence-electron chi connectivity index (χ4n) is 3.30. The van der Waals surface area contributed by atoms with E-state index in [1.165, 1.54) is 5.56 Å². The maximum absolute atomic E-state index is 12.7. The van der Waals surface area contributed by atoms with Gasteiger partial charge in [0.25, 0.3) is 5.91 Å². The number of hydrazine groups is 1. The lowest BCUT2D eigenvalue weighted by Crippen LogP contribution is -2.51. The van der Waals surface area contributed by atoms with Crippen LogP contribution in [0.4, 0.5) is 10.5 Å². The van der Waals surface area contributed by atoms with Crippen molar-refractivity contribution in [3.05, 3.63) is 29.8 Å². The zero-order valence-corrected chi connectivity index (χ0v) is 14.5. The van der Waals surface area contributed by atoms with E-state index >= 15 is 0 Å². The van der Waals surface area contributed by atoms with E-state index in [0.717, 1.165) is 36.4 Å². The van der Waals surface area contributed by atoms with E-state index in [9.17, 15) is 9.59 Å². The number of aryl methyl sites for hydroxylation is 1. The van der Waals surface area contributed by atoms with Crippen molar-refractivity contribution in [3.8, 4) is 0 Å². The lowest BCUT2D eigenvalue weighted by atomic mass is 9.82. The standard InChI is InChI=1S/C17H22N4O2S/c1-2-12-6-8-13(9-7-12)18-15(24)20-21-14(22)17(19-16(21)23)10-4-3-5-11-17/h6-9H,2-5,10-11H2,1H3,(H,19,23)(H2,18,20,24). The Morgan fingerprint density at radius 3 is 2.50 bits per heavy atom. The molecule has 1 saturated heterocycles. The van der Waals surface area contributed by atoms with Crippen molar-refractivity contribution in [3.63, 3.8) is 0 Å². The minimum Gasteiger partial charge on any atom is -0.331 e. The van der Waals surface area contributed by atoms with Gasteiger partial charge >= 0.3 is 6.03 Å². The van der Waals surface area contributed by atoms with Crippen LogP contribution in [0.25, 0.3) is 0 Å². The third-order valence-electron chi connectivity index (χ3n) is 4.70. The highest BCUT2D eigenvalue weighted by Crippen LogP contribution is 2.32. The van der Waals surface area contributed by atoms with Gasteiger partial charge in [-0.3, -0.25) is 10.2 Å². The largest absolute Gasteiger partial charge is 0.344 e. The highest BCUT2D eigenvalue weighted by molar-refractivity contribution is 7.80. The van der Waals surface area contributed by atoms with Crippen LogP contribution in [0.15, 0.2) is 24.3 Å². The molecule has 1 saturated carbocycles. The quantitative estimate of drug-likeness (QED) is 0.580. The number of hydrogen-bond acceptors (Lipinski definition) is 3. The molecule has 3 N–H and O–H groups in total.